The summed E-state index contributed by atoms with van der Waals surface area (Å²) in [5.74, 6) is -0.0523. The molecule has 0 spiro atoms. The molecule has 0 atom stereocenters. The van der Waals surface area contributed by atoms with E-state index in [2.05, 4.69) is 21.2 Å². The van der Waals surface area contributed by atoms with Crippen LogP contribution in [0.3, 0.4) is 0 Å². The van der Waals surface area contributed by atoms with E-state index >= 15 is 0 Å². The van der Waals surface area contributed by atoms with Crippen molar-refractivity contribution in [3.8, 4) is 0 Å². The zero-order chi connectivity index (χ0) is 12.2. The number of ether oxygens (including phenoxy) is 1. The fourth-order valence-corrected chi connectivity index (χ4v) is 2.56. The predicted molar refractivity (Wildman–Crippen MR) is 70.1 cm³/mol. The van der Waals surface area contributed by atoms with Gasteiger partial charge in [-0.3, -0.25) is 4.79 Å². The third-order valence-electron chi connectivity index (χ3n) is 2.01. The largest absolute Gasteiger partial charge is 0.374 e. The van der Waals surface area contributed by atoms with Crippen molar-refractivity contribution in [1.82, 2.24) is 5.32 Å². The summed E-state index contributed by atoms with van der Waals surface area (Å²) < 4.78 is 6.46. The van der Waals surface area contributed by atoms with Crippen molar-refractivity contribution in [3.05, 3.63) is 20.8 Å². The highest BCUT2D eigenvalue weighted by molar-refractivity contribution is 9.11. The fourth-order valence-electron chi connectivity index (χ4n) is 1.26. The summed E-state index contributed by atoms with van der Waals surface area (Å²) in [5.41, 5.74) is -0.321. The maximum absolute atomic E-state index is 11.7. The van der Waals surface area contributed by atoms with Crippen LogP contribution in [-0.2, 0) is 4.74 Å². The third kappa shape index (κ3) is 4.23. The van der Waals surface area contributed by atoms with Gasteiger partial charge in [-0.25, -0.2) is 0 Å². The van der Waals surface area contributed by atoms with E-state index in [1.165, 1.54) is 11.3 Å². The molecule has 0 radical (unpaired) electrons. The summed E-state index contributed by atoms with van der Waals surface area (Å²) in [4.78, 5) is 12.4. The molecule has 1 amide bonds. The van der Waals surface area contributed by atoms with E-state index in [9.17, 15) is 4.79 Å². The molecule has 0 unspecified atom stereocenters. The lowest BCUT2D eigenvalue weighted by Crippen LogP contribution is -2.40. The van der Waals surface area contributed by atoms with E-state index in [1.54, 1.807) is 6.07 Å². The molecule has 0 saturated heterocycles. The van der Waals surface area contributed by atoms with Gasteiger partial charge < -0.3 is 10.1 Å². The Kier molecular flexibility index (Phi) is 4.95. The quantitative estimate of drug-likeness (QED) is 0.908. The number of thiophene rings is 1. The Morgan fingerprint density at radius 3 is 2.75 bits per heavy atom. The SMILES string of the molecule is CCOC(C)(C)CNC(=O)c1ccc(Br)s1. The normalized spacial score (nSPS) is 11.5. The lowest BCUT2D eigenvalue weighted by atomic mass is 10.1. The predicted octanol–water partition coefficient (Wildman–Crippen LogP) is 3.06. The Hall–Kier alpha value is -0.390. The molecule has 1 aromatic heterocycles. The van der Waals surface area contributed by atoms with Crippen LogP contribution in [0.25, 0.3) is 0 Å². The van der Waals surface area contributed by atoms with Crippen LogP contribution in [0.1, 0.15) is 30.4 Å². The minimum Gasteiger partial charge on any atom is -0.374 e. The van der Waals surface area contributed by atoms with Gasteiger partial charge in [-0.05, 0) is 48.8 Å². The lowest BCUT2D eigenvalue weighted by Gasteiger charge is -2.24. The summed E-state index contributed by atoms with van der Waals surface area (Å²) in [6.07, 6.45) is 0. The standard InChI is InChI=1S/C11H16BrNO2S/c1-4-15-11(2,3)7-13-10(14)8-5-6-9(12)16-8/h5-6H,4,7H2,1-3H3,(H,13,14). The molecule has 1 heterocycles. The number of hydrogen-bond donors (Lipinski definition) is 1. The zero-order valence-corrected chi connectivity index (χ0v) is 12.1. The molecule has 0 aliphatic rings. The molecule has 90 valence electrons. The van der Waals surface area contributed by atoms with Gasteiger partial charge in [-0.15, -0.1) is 11.3 Å². The minimum absolute atomic E-state index is 0.0523. The smallest absolute Gasteiger partial charge is 0.261 e. The van der Waals surface area contributed by atoms with Gasteiger partial charge in [-0.1, -0.05) is 0 Å². The number of carbonyl (C=O) groups excluding carboxylic acids is 1. The molecule has 1 N–H and O–H groups in total. The van der Waals surface area contributed by atoms with Crippen LogP contribution in [0.5, 0.6) is 0 Å². The lowest BCUT2D eigenvalue weighted by molar-refractivity contribution is -0.00812. The molecule has 0 saturated carbocycles. The van der Waals surface area contributed by atoms with Gasteiger partial charge in [0.25, 0.3) is 5.91 Å². The molecule has 0 aliphatic heterocycles. The van der Waals surface area contributed by atoms with Gasteiger partial charge in [0, 0.05) is 13.2 Å². The molecule has 0 aliphatic carbocycles. The van der Waals surface area contributed by atoms with Crippen molar-refractivity contribution in [2.45, 2.75) is 26.4 Å². The van der Waals surface area contributed by atoms with Crippen LogP contribution in [0.4, 0.5) is 0 Å². The molecular weight excluding hydrogens is 290 g/mol. The summed E-state index contributed by atoms with van der Waals surface area (Å²) in [5, 5.41) is 2.86. The molecule has 1 aromatic rings. The molecule has 1 rings (SSSR count). The Labute approximate surface area is 108 Å². The second kappa shape index (κ2) is 5.80. The third-order valence-corrected chi connectivity index (χ3v) is 3.63. The highest BCUT2D eigenvalue weighted by atomic mass is 79.9. The first-order valence-electron chi connectivity index (χ1n) is 5.12. The van der Waals surface area contributed by atoms with Gasteiger partial charge in [0.1, 0.15) is 0 Å². The number of amides is 1. The van der Waals surface area contributed by atoms with Crippen LogP contribution < -0.4 is 5.32 Å². The van der Waals surface area contributed by atoms with Gasteiger partial charge in [0.15, 0.2) is 0 Å². The Balaban J connectivity index is 2.47. The van der Waals surface area contributed by atoms with E-state index in [0.29, 0.717) is 18.0 Å². The van der Waals surface area contributed by atoms with Crippen LogP contribution in [0, 0.1) is 0 Å². The second-order valence-corrected chi connectivity index (χ2v) is 6.44. The molecule has 0 fully saturated rings. The van der Waals surface area contributed by atoms with E-state index in [4.69, 9.17) is 4.74 Å². The van der Waals surface area contributed by atoms with Crippen molar-refractivity contribution in [2.75, 3.05) is 13.2 Å². The van der Waals surface area contributed by atoms with E-state index in [1.807, 2.05) is 26.8 Å². The van der Waals surface area contributed by atoms with Gasteiger partial charge >= 0.3 is 0 Å². The first-order chi connectivity index (χ1) is 7.44. The average Bonchev–Trinajstić information content (AvgIpc) is 2.61. The Morgan fingerprint density at radius 1 is 1.56 bits per heavy atom. The van der Waals surface area contributed by atoms with E-state index in [-0.39, 0.29) is 11.5 Å². The van der Waals surface area contributed by atoms with Gasteiger partial charge in [-0.2, -0.15) is 0 Å². The van der Waals surface area contributed by atoms with Crippen LogP contribution in [0.2, 0.25) is 0 Å². The van der Waals surface area contributed by atoms with Crippen molar-refractivity contribution in [1.29, 1.82) is 0 Å². The molecule has 3 nitrogen and oxygen atoms in total. The monoisotopic (exact) mass is 305 g/mol. The Morgan fingerprint density at radius 2 is 2.25 bits per heavy atom. The van der Waals surface area contributed by atoms with Crippen molar-refractivity contribution in [3.63, 3.8) is 0 Å². The minimum atomic E-state index is -0.321. The molecule has 5 heteroatoms. The second-order valence-electron chi connectivity index (χ2n) is 3.98. The topological polar surface area (TPSA) is 38.3 Å². The summed E-state index contributed by atoms with van der Waals surface area (Å²) >= 11 is 4.75. The highest BCUT2D eigenvalue weighted by Crippen LogP contribution is 2.21. The zero-order valence-electron chi connectivity index (χ0n) is 9.67. The molecule has 0 aromatic carbocycles. The summed E-state index contributed by atoms with van der Waals surface area (Å²) in [7, 11) is 0. The Bertz CT molecular complexity index is 363. The molecule has 16 heavy (non-hydrogen) atoms. The van der Waals surface area contributed by atoms with Crippen molar-refractivity contribution < 1.29 is 9.53 Å². The number of hydrogen-bond acceptors (Lipinski definition) is 3. The average molecular weight is 306 g/mol. The maximum atomic E-state index is 11.7. The summed E-state index contributed by atoms with van der Waals surface area (Å²) in [6, 6.07) is 3.67. The van der Waals surface area contributed by atoms with Crippen molar-refractivity contribution in [2.24, 2.45) is 0 Å². The van der Waals surface area contributed by atoms with Gasteiger partial charge in [0.05, 0.1) is 14.3 Å². The molecule has 0 bridgehead atoms. The highest BCUT2D eigenvalue weighted by Gasteiger charge is 2.19. The number of nitrogens with one attached hydrogen (secondary N) is 1. The first-order valence-corrected chi connectivity index (χ1v) is 6.73. The number of carbonyl (C=O) groups is 1. The van der Waals surface area contributed by atoms with Crippen LogP contribution in [0.15, 0.2) is 15.9 Å². The van der Waals surface area contributed by atoms with Crippen LogP contribution >= 0.6 is 27.3 Å². The number of halogens is 1. The van der Waals surface area contributed by atoms with E-state index in [0.717, 1.165) is 3.79 Å². The number of rotatable bonds is 5. The maximum Gasteiger partial charge on any atom is 0.261 e. The van der Waals surface area contributed by atoms with Crippen LogP contribution in [-0.4, -0.2) is 24.7 Å². The molecular formula is C11H16BrNO2S. The van der Waals surface area contributed by atoms with Gasteiger partial charge in [0.2, 0.25) is 0 Å². The summed E-state index contributed by atoms with van der Waals surface area (Å²) in [6.45, 7) is 7.02. The first kappa shape index (κ1) is 13.7. The fraction of sp³-hybridized carbons (Fsp3) is 0.545. The van der Waals surface area contributed by atoms with E-state index < -0.39 is 0 Å². The van der Waals surface area contributed by atoms with Crippen molar-refractivity contribution >= 4 is 33.2 Å².